The molecule has 0 saturated heterocycles. The highest BCUT2D eigenvalue weighted by Gasteiger charge is 2.26. The van der Waals surface area contributed by atoms with Crippen molar-refractivity contribution in [3.8, 4) is 16.9 Å². The number of rotatable bonds is 5. The number of aliphatic hydroxyl groups excluding tert-OH is 1. The lowest BCUT2D eigenvalue weighted by Gasteiger charge is -2.23. The van der Waals surface area contributed by atoms with Gasteiger partial charge in [0.25, 0.3) is 0 Å². The molecule has 1 N–H and O–H groups in total. The lowest BCUT2D eigenvalue weighted by atomic mass is 9.84. The van der Waals surface area contributed by atoms with Crippen LogP contribution in [0.25, 0.3) is 16.9 Å². The molecule has 0 bridgehead atoms. The maximum Gasteiger partial charge on any atom is 0.0984 e. The summed E-state index contributed by atoms with van der Waals surface area (Å²) in [5, 5.41) is 17.1. The molecule has 1 fully saturated rings. The number of benzene rings is 2. The average molecular weight is 508 g/mol. The van der Waals surface area contributed by atoms with Gasteiger partial charge in [0.05, 0.1) is 28.2 Å². The molecule has 3 aromatic rings. The number of hydrogen-bond donors (Lipinski definition) is 1. The van der Waals surface area contributed by atoms with Crippen molar-refractivity contribution in [3.63, 3.8) is 0 Å². The van der Waals surface area contributed by atoms with Gasteiger partial charge in [-0.15, -0.1) is 0 Å². The molecule has 1 saturated carbocycles. The summed E-state index contributed by atoms with van der Waals surface area (Å²) in [6.45, 7) is 2.03. The topological polar surface area (TPSA) is 38.1 Å². The van der Waals surface area contributed by atoms with Gasteiger partial charge < -0.3 is 5.11 Å². The van der Waals surface area contributed by atoms with Crippen LogP contribution in [-0.2, 0) is 0 Å². The molecule has 1 aliphatic carbocycles. The van der Waals surface area contributed by atoms with E-state index in [2.05, 4.69) is 15.9 Å². The zero-order chi connectivity index (χ0) is 21.3. The van der Waals surface area contributed by atoms with Gasteiger partial charge in [0, 0.05) is 20.6 Å². The van der Waals surface area contributed by atoms with Crippen LogP contribution in [0.2, 0.25) is 10.0 Å². The van der Waals surface area contributed by atoms with E-state index in [1.165, 1.54) is 32.1 Å². The van der Waals surface area contributed by atoms with Crippen LogP contribution >= 0.6 is 39.1 Å². The maximum absolute atomic E-state index is 11.1. The summed E-state index contributed by atoms with van der Waals surface area (Å²) in [5.74, 6) is 0.563. The first-order chi connectivity index (χ1) is 14.4. The number of halogens is 3. The molecule has 2 aromatic carbocycles. The Bertz CT molecular complexity index is 1030. The Balaban J connectivity index is 1.79. The minimum absolute atomic E-state index is 0.525. The van der Waals surface area contributed by atoms with Gasteiger partial charge in [-0.25, -0.2) is 4.68 Å². The van der Waals surface area contributed by atoms with Gasteiger partial charge in [-0.3, -0.25) is 0 Å². The number of nitrogens with zero attached hydrogens (tertiary/aromatic N) is 2. The molecule has 6 heteroatoms. The quantitative estimate of drug-likeness (QED) is 0.380. The predicted molar refractivity (Wildman–Crippen MR) is 128 cm³/mol. The summed E-state index contributed by atoms with van der Waals surface area (Å²) in [7, 11) is 0. The minimum Gasteiger partial charge on any atom is -0.387 e. The lowest BCUT2D eigenvalue weighted by molar-refractivity contribution is 0.126. The molecule has 1 aromatic heterocycles. The standard InChI is InChI=1S/C24H25BrCl2N2O/c1-15-23(22(30)13-16-5-3-2-4-6-16)28-29(21-12-11-19(26)14-20(21)27)24(15)17-7-9-18(25)10-8-17/h7-12,14,16,22,30H,2-6,13H2,1H3. The van der Waals surface area contributed by atoms with E-state index in [1.807, 2.05) is 48.0 Å². The number of aliphatic hydroxyl groups is 1. The van der Waals surface area contributed by atoms with E-state index in [-0.39, 0.29) is 0 Å². The van der Waals surface area contributed by atoms with Crippen molar-refractivity contribution in [2.45, 2.75) is 51.6 Å². The van der Waals surface area contributed by atoms with Crippen molar-refractivity contribution in [2.75, 3.05) is 0 Å². The third-order valence-electron chi connectivity index (χ3n) is 6.01. The van der Waals surface area contributed by atoms with Gasteiger partial charge >= 0.3 is 0 Å². The first-order valence-corrected chi connectivity index (χ1v) is 12.0. The lowest BCUT2D eigenvalue weighted by Crippen LogP contribution is -2.12. The van der Waals surface area contributed by atoms with Crippen LogP contribution in [-0.4, -0.2) is 14.9 Å². The van der Waals surface area contributed by atoms with Crippen molar-refractivity contribution >= 4 is 39.1 Å². The summed E-state index contributed by atoms with van der Waals surface area (Å²) in [6.07, 6.45) is 6.38. The zero-order valence-electron chi connectivity index (χ0n) is 16.9. The molecule has 1 unspecified atom stereocenters. The molecule has 0 radical (unpaired) electrons. The summed E-state index contributed by atoms with van der Waals surface area (Å²) >= 11 is 16.1. The molecule has 158 valence electrons. The average Bonchev–Trinajstić information content (AvgIpc) is 3.06. The van der Waals surface area contributed by atoms with Gasteiger partial charge in [0.2, 0.25) is 0 Å². The predicted octanol–water partition coefficient (Wildman–Crippen LogP) is 7.92. The highest BCUT2D eigenvalue weighted by Crippen LogP contribution is 2.37. The summed E-state index contributed by atoms with van der Waals surface area (Å²) < 4.78 is 2.86. The van der Waals surface area contributed by atoms with Crippen molar-refractivity contribution < 1.29 is 5.11 Å². The van der Waals surface area contributed by atoms with Crippen LogP contribution in [0.3, 0.4) is 0 Å². The van der Waals surface area contributed by atoms with Crippen molar-refractivity contribution in [2.24, 2.45) is 5.92 Å². The molecular formula is C24H25BrCl2N2O. The second kappa shape index (κ2) is 9.44. The molecular weight excluding hydrogens is 483 g/mol. The Morgan fingerprint density at radius 1 is 1.10 bits per heavy atom. The summed E-state index contributed by atoms with van der Waals surface area (Å²) in [5.41, 5.74) is 4.41. The fourth-order valence-electron chi connectivity index (χ4n) is 4.45. The van der Waals surface area contributed by atoms with E-state index in [9.17, 15) is 5.11 Å². The summed E-state index contributed by atoms with van der Waals surface area (Å²) in [4.78, 5) is 0. The van der Waals surface area contributed by atoms with Crippen molar-refractivity contribution in [1.29, 1.82) is 0 Å². The van der Waals surface area contributed by atoms with E-state index in [0.717, 1.165) is 39.1 Å². The molecule has 4 rings (SSSR count). The smallest absolute Gasteiger partial charge is 0.0984 e. The van der Waals surface area contributed by atoms with Gasteiger partial charge in [-0.05, 0) is 49.6 Å². The van der Waals surface area contributed by atoms with Crippen LogP contribution in [0.4, 0.5) is 0 Å². The Labute approximate surface area is 196 Å². The van der Waals surface area contributed by atoms with Gasteiger partial charge in [0.15, 0.2) is 0 Å². The largest absolute Gasteiger partial charge is 0.387 e. The SMILES string of the molecule is Cc1c(C(O)CC2CCCCC2)nn(-c2ccc(Cl)cc2Cl)c1-c1ccc(Br)cc1. The zero-order valence-corrected chi connectivity index (χ0v) is 20.0. The molecule has 30 heavy (non-hydrogen) atoms. The van der Waals surface area contributed by atoms with Gasteiger partial charge in [0.1, 0.15) is 0 Å². The first kappa shape index (κ1) is 21.9. The highest BCUT2D eigenvalue weighted by atomic mass is 79.9. The third kappa shape index (κ3) is 4.62. The van der Waals surface area contributed by atoms with E-state index in [0.29, 0.717) is 16.0 Å². The minimum atomic E-state index is -0.588. The van der Waals surface area contributed by atoms with E-state index in [1.54, 1.807) is 6.07 Å². The van der Waals surface area contributed by atoms with Gasteiger partial charge in [-0.1, -0.05) is 83.4 Å². The van der Waals surface area contributed by atoms with Crippen LogP contribution in [0.15, 0.2) is 46.9 Å². The monoisotopic (exact) mass is 506 g/mol. The first-order valence-electron chi connectivity index (χ1n) is 10.4. The Morgan fingerprint density at radius 3 is 2.47 bits per heavy atom. The van der Waals surface area contributed by atoms with Crippen LogP contribution in [0.5, 0.6) is 0 Å². The molecule has 0 aliphatic heterocycles. The van der Waals surface area contributed by atoms with E-state index < -0.39 is 6.10 Å². The number of hydrogen-bond acceptors (Lipinski definition) is 2. The van der Waals surface area contributed by atoms with E-state index in [4.69, 9.17) is 28.3 Å². The second-order valence-electron chi connectivity index (χ2n) is 8.13. The normalized spacial score (nSPS) is 16.0. The highest BCUT2D eigenvalue weighted by molar-refractivity contribution is 9.10. The molecule has 0 amide bonds. The van der Waals surface area contributed by atoms with Gasteiger partial charge in [-0.2, -0.15) is 5.10 Å². The molecule has 1 heterocycles. The third-order valence-corrected chi connectivity index (χ3v) is 7.08. The van der Waals surface area contributed by atoms with Crippen LogP contribution in [0.1, 0.15) is 55.9 Å². The fourth-order valence-corrected chi connectivity index (χ4v) is 5.21. The number of aromatic nitrogens is 2. The summed E-state index contributed by atoms with van der Waals surface area (Å²) in [6, 6.07) is 13.5. The van der Waals surface area contributed by atoms with Crippen LogP contribution < -0.4 is 0 Å². The fraction of sp³-hybridized carbons (Fsp3) is 0.375. The Kier molecular flexibility index (Phi) is 6.88. The molecule has 1 aliphatic rings. The maximum atomic E-state index is 11.1. The molecule has 0 spiro atoms. The molecule has 3 nitrogen and oxygen atoms in total. The van der Waals surface area contributed by atoms with Crippen LogP contribution in [0, 0.1) is 12.8 Å². The molecule has 1 atom stereocenters. The second-order valence-corrected chi connectivity index (χ2v) is 9.89. The van der Waals surface area contributed by atoms with Crippen molar-refractivity contribution in [1.82, 2.24) is 9.78 Å². The van der Waals surface area contributed by atoms with Crippen molar-refractivity contribution in [3.05, 3.63) is 68.2 Å². The Morgan fingerprint density at radius 2 is 1.80 bits per heavy atom. The Hall–Kier alpha value is -1.33. The van der Waals surface area contributed by atoms with E-state index >= 15 is 0 Å².